The number of hydrogen-bond acceptors (Lipinski definition) is 5. The zero-order chi connectivity index (χ0) is 30.0. The lowest BCUT2D eigenvalue weighted by Gasteiger charge is -2.44. The molecule has 42 heavy (non-hydrogen) atoms. The van der Waals surface area contributed by atoms with Gasteiger partial charge in [-0.15, -0.1) is 0 Å². The first-order chi connectivity index (χ1) is 20.1. The van der Waals surface area contributed by atoms with Crippen molar-refractivity contribution < 1.29 is 28.3 Å². The highest BCUT2D eigenvalue weighted by Crippen LogP contribution is 2.48. The molecule has 0 aromatic heterocycles. The Morgan fingerprint density at radius 3 is 2.60 bits per heavy atom. The fourth-order valence-corrected chi connectivity index (χ4v) is 8.88. The van der Waals surface area contributed by atoms with E-state index in [9.17, 15) is 14.7 Å². The second-order valence-corrected chi connectivity index (χ2v) is 16.6. The zero-order valence-corrected chi connectivity index (χ0v) is 26.4. The molecule has 0 spiro atoms. The summed E-state index contributed by atoms with van der Waals surface area (Å²) >= 11 is 0. The first-order valence-electron chi connectivity index (χ1n) is 15.4. The van der Waals surface area contributed by atoms with Gasteiger partial charge in [-0.05, 0) is 61.7 Å². The zero-order valence-electron chi connectivity index (χ0n) is 25.4. The van der Waals surface area contributed by atoms with E-state index in [0.29, 0.717) is 31.7 Å². The minimum Gasteiger partial charge on any atom is -0.490 e. The number of aliphatic hydroxyl groups excluding tert-OH is 1. The summed E-state index contributed by atoms with van der Waals surface area (Å²) in [4.78, 5) is 30.3. The Bertz CT molecular complexity index is 1280. The molecule has 3 aliphatic rings. The number of ether oxygens (including phenoxy) is 2. The molecule has 0 aliphatic carbocycles. The Labute approximate surface area is 250 Å². The lowest BCUT2D eigenvalue weighted by Crippen LogP contribution is -2.50. The molecular weight excluding hydrogens is 551 g/mol. The van der Waals surface area contributed by atoms with Gasteiger partial charge in [-0.25, -0.2) is 0 Å². The number of halogens is 1. The van der Waals surface area contributed by atoms with Gasteiger partial charge in [-0.1, -0.05) is 44.0 Å². The van der Waals surface area contributed by atoms with Crippen LogP contribution in [0.5, 0.6) is 5.75 Å². The van der Waals surface area contributed by atoms with E-state index in [-0.39, 0.29) is 42.9 Å². The highest BCUT2D eigenvalue weighted by atomic mass is 28.4. The molecule has 3 aliphatic heterocycles. The third-order valence-corrected chi connectivity index (χ3v) is 11.8. The van der Waals surface area contributed by atoms with E-state index in [1.807, 2.05) is 54.3 Å². The van der Waals surface area contributed by atoms with E-state index in [2.05, 4.69) is 0 Å². The number of carbonyl (C=O) groups is 2. The summed E-state index contributed by atoms with van der Waals surface area (Å²) in [7, 11) is -1.76. The Kier molecular flexibility index (Phi) is 9.40. The average molecular weight is 597 g/mol. The van der Waals surface area contributed by atoms with Gasteiger partial charge in [-0.2, -0.15) is 0 Å². The van der Waals surface area contributed by atoms with Crippen LogP contribution in [0.2, 0.25) is 18.6 Å². The Hall–Kier alpha value is -2.75. The van der Waals surface area contributed by atoms with Crippen LogP contribution in [0, 0.1) is 5.92 Å². The van der Waals surface area contributed by atoms with Crippen LogP contribution in [0.25, 0.3) is 0 Å². The molecule has 0 radical (unpaired) electrons. The number of carbonyl (C=O) groups excluding carboxylic acids is 2. The van der Waals surface area contributed by atoms with Gasteiger partial charge in [0.15, 0.2) is 0 Å². The SMILES string of the molecule is CO[C@H]1c2cc(N3CCCCCCC3=O)ccc2O[C@@H](C(CC(=O)N2Cc3ccccc3C[C@H]2CO)[Si](C)(C)F)[C@@H]1C. The number of aliphatic hydroxyl groups is 1. The first-order valence-corrected chi connectivity index (χ1v) is 18.4. The summed E-state index contributed by atoms with van der Waals surface area (Å²) in [5.74, 6) is 0.366. The molecule has 1 saturated heterocycles. The highest BCUT2D eigenvalue weighted by molar-refractivity contribution is 6.72. The van der Waals surface area contributed by atoms with Crippen LogP contribution in [0.1, 0.15) is 68.2 Å². The molecule has 7 nitrogen and oxygen atoms in total. The summed E-state index contributed by atoms with van der Waals surface area (Å²) < 4.78 is 28.7. The largest absolute Gasteiger partial charge is 0.490 e. The summed E-state index contributed by atoms with van der Waals surface area (Å²) in [5, 5.41) is 10.1. The Morgan fingerprint density at radius 1 is 1.14 bits per heavy atom. The van der Waals surface area contributed by atoms with Gasteiger partial charge in [0.1, 0.15) is 11.9 Å². The van der Waals surface area contributed by atoms with Crippen LogP contribution in [0.15, 0.2) is 42.5 Å². The number of rotatable bonds is 7. The van der Waals surface area contributed by atoms with E-state index in [4.69, 9.17) is 9.47 Å². The molecule has 0 bridgehead atoms. The lowest BCUT2D eigenvalue weighted by molar-refractivity contribution is -0.136. The molecule has 9 heteroatoms. The molecule has 1 N–H and O–H groups in total. The van der Waals surface area contributed by atoms with Crippen molar-refractivity contribution in [2.75, 3.05) is 25.2 Å². The average Bonchev–Trinajstić information content (AvgIpc) is 2.96. The van der Waals surface area contributed by atoms with Gasteiger partial charge >= 0.3 is 0 Å². The predicted molar refractivity (Wildman–Crippen MR) is 164 cm³/mol. The third kappa shape index (κ3) is 6.28. The van der Waals surface area contributed by atoms with Crippen molar-refractivity contribution in [2.45, 2.75) is 95.3 Å². The number of hydrogen-bond donors (Lipinski definition) is 1. The van der Waals surface area contributed by atoms with Gasteiger partial charge < -0.3 is 28.5 Å². The molecule has 2 aromatic rings. The molecule has 228 valence electrons. The maximum atomic E-state index is 16.1. The number of benzene rings is 2. The van der Waals surface area contributed by atoms with Gasteiger partial charge in [0.2, 0.25) is 20.2 Å². The van der Waals surface area contributed by atoms with Crippen molar-refractivity contribution in [3.63, 3.8) is 0 Å². The van der Waals surface area contributed by atoms with E-state index in [1.165, 1.54) is 0 Å². The molecule has 5 rings (SSSR count). The van der Waals surface area contributed by atoms with Crippen LogP contribution >= 0.6 is 0 Å². The fraction of sp³-hybridized carbons (Fsp3) is 0.576. The smallest absolute Gasteiger partial charge is 0.248 e. The summed E-state index contributed by atoms with van der Waals surface area (Å²) in [5.41, 5.74) is 3.28. The van der Waals surface area contributed by atoms with Gasteiger partial charge in [0.25, 0.3) is 0 Å². The second-order valence-electron chi connectivity index (χ2n) is 12.7. The molecule has 3 heterocycles. The van der Waals surface area contributed by atoms with E-state index >= 15 is 4.11 Å². The van der Waals surface area contributed by atoms with Gasteiger partial charge in [-0.3, -0.25) is 9.59 Å². The molecule has 1 unspecified atom stereocenters. The number of nitrogens with zero attached hydrogens (tertiary/aromatic N) is 2. The molecule has 1 fully saturated rings. The van der Waals surface area contributed by atoms with Crippen LogP contribution in [-0.4, -0.2) is 62.6 Å². The number of amides is 2. The number of anilines is 1. The van der Waals surface area contributed by atoms with Crippen LogP contribution in [0.3, 0.4) is 0 Å². The second kappa shape index (κ2) is 12.9. The monoisotopic (exact) mass is 596 g/mol. The number of methoxy groups -OCH3 is 1. The van der Waals surface area contributed by atoms with Crippen molar-refractivity contribution in [1.82, 2.24) is 4.90 Å². The van der Waals surface area contributed by atoms with Gasteiger partial charge in [0, 0.05) is 55.8 Å². The molecule has 5 atom stereocenters. The predicted octanol–water partition coefficient (Wildman–Crippen LogP) is 5.95. The quantitative estimate of drug-likeness (QED) is 0.316. The summed E-state index contributed by atoms with van der Waals surface area (Å²) in [6.07, 6.45) is 4.29. The normalized spacial score (nSPS) is 25.5. The molecule has 2 aromatic carbocycles. The van der Waals surface area contributed by atoms with E-state index in [0.717, 1.165) is 48.1 Å². The molecular formula is C33H45FN2O5Si. The van der Waals surface area contributed by atoms with Crippen molar-refractivity contribution in [2.24, 2.45) is 5.92 Å². The molecule has 2 amide bonds. The van der Waals surface area contributed by atoms with Crippen molar-refractivity contribution in [3.8, 4) is 5.75 Å². The minimum atomic E-state index is -3.41. The topological polar surface area (TPSA) is 79.3 Å². The number of fused-ring (bicyclic) bond motifs is 2. The minimum absolute atomic E-state index is 0.00945. The van der Waals surface area contributed by atoms with E-state index < -0.39 is 20.1 Å². The van der Waals surface area contributed by atoms with E-state index in [1.54, 1.807) is 25.1 Å². The Balaban J connectivity index is 1.40. The lowest BCUT2D eigenvalue weighted by atomic mass is 9.86. The van der Waals surface area contributed by atoms with Crippen LogP contribution in [-0.2, 0) is 27.3 Å². The van der Waals surface area contributed by atoms with Crippen molar-refractivity contribution in [3.05, 3.63) is 59.2 Å². The van der Waals surface area contributed by atoms with Crippen molar-refractivity contribution >= 4 is 25.9 Å². The van der Waals surface area contributed by atoms with Crippen molar-refractivity contribution in [1.29, 1.82) is 0 Å². The Morgan fingerprint density at radius 2 is 1.88 bits per heavy atom. The first kappa shape index (κ1) is 30.7. The summed E-state index contributed by atoms with van der Waals surface area (Å²) in [6.45, 7) is 6.24. The van der Waals surface area contributed by atoms with Crippen LogP contribution < -0.4 is 9.64 Å². The van der Waals surface area contributed by atoms with Crippen LogP contribution in [0.4, 0.5) is 9.80 Å². The third-order valence-electron chi connectivity index (χ3n) is 9.51. The molecule has 0 saturated carbocycles. The highest BCUT2D eigenvalue weighted by Gasteiger charge is 2.49. The fourth-order valence-electron chi connectivity index (χ4n) is 7.06. The van der Waals surface area contributed by atoms with Gasteiger partial charge in [0.05, 0.1) is 18.8 Å². The standard InChI is InChI=1S/C33H45FN2O5Si/c1-22-32(40-2)27-18-25(35-16-10-6-5-7-13-30(35)38)14-15-28(27)41-33(22)29(42(3,4)34)19-31(39)36-20-24-12-9-8-11-23(24)17-26(36)21-37/h8-9,11-12,14-15,18,22,26,29,32-33,37H,5-7,10,13,16-17,19-21H2,1-4H3/t22-,26+,29?,32-,33-/m1/s1. The maximum Gasteiger partial charge on any atom is 0.248 e. The maximum absolute atomic E-state index is 16.1. The summed E-state index contributed by atoms with van der Waals surface area (Å²) in [6, 6.07) is 13.4.